The van der Waals surface area contributed by atoms with Crippen LogP contribution in [0, 0.1) is 6.92 Å². The third-order valence-electron chi connectivity index (χ3n) is 4.76. The van der Waals surface area contributed by atoms with Crippen molar-refractivity contribution in [1.29, 1.82) is 0 Å². The van der Waals surface area contributed by atoms with Gasteiger partial charge in [-0.25, -0.2) is 0 Å². The second-order valence-corrected chi connectivity index (χ2v) is 8.08. The van der Waals surface area contributed by atoms with Crippen LogP contribution in [-0.2, 0) is 5.41 Å². The van der Waals surface area contributed by atoms with Crippen LogP contribution < -0.4 is 0 Å². The summed E-state index contributed by atoms with van der Waals surface area (Å²) in [6.45, 7) is 8.69. The lowest BCUT2D eigenvalue weighted by molar-refractivity contribution is 0.109. The second kappa shape index (κ2) is 7.13. The summed E-state index contributed by atoms with van der Waals surface area (Å²) >= 11 is 4.08. The standard InChI is InChI=1S/C24H24OS/c1-16-8-7-11-21(23(25)26)22(16)20-10-6-5-9-19(20)17-12-14-18(15-13-17)24(2,3)4/h5-15H,1-4H3,(H,25,26). The fraction of sp³-hybridized carbons (Fsp3) is 0.208. The SMILES string of the molecule is Cc1cccc(C(=O)S)c1-c1ccccc1-c1ccc(C(C)(C)C)cc1. The highest BCUT2D eigenvalue weighted by Crippen LogP contribution is 2.37. The molecule has 132 valence electrons. The molecule has 1 nitrogen and oxygen atoms in total. The minimum absolute atomic E-state index is 0.125. The maximum atomic E-state index is 12.1. The molecule has 0 radical (unpaired) electrons. The molecule has 0 aliphatic rings. The van der Waals surface area contributed by atoms with Crippen molar-refractivity contribution in [3.63, 3.8) is 0 Å². The van der Waals surface area contributed by atoms with E-state index in [9.17, 15) is 4.79 Å². The highest BCUT2D eigenvalue weighted by Gasteiger charge is 2.17. The minimum atomic E-state index is -0.207. The van der Waals surface area contributed by atoms with Crippen molar-refractivity contribution in [1.82, 2.24) is 0 Å². The van der Waals surface area contributed by atoms with Crippen molar-refractivity contribution in [2.24, 2.45) is 0 Å². The topological polar surface area (TPSA) is 17.1 Å². The number of carbonyl (C=O) groups is 1. The van der Waals surface area contributed by atoms with E-state index in [4.69, 9.17) is 0 Å². The molecule has 0 atom stereocenters. The van der Waals surface area contributed by atoms with Gasteiger partial charge in [-0.3, -0.25) is 4.79 Å². The first-order valence-electron chi connectivity index (χ1n) is 8.82. The smallest absolute Gasteiger partial charge is 0.216 e. The summed E-state index contributed by atoms with van der Waals surface area (Å²) in [5, 5.41) is -0.207. The Labute approximate surface area is 161 Å². The summed E-state index contributed by atoms with van der Waals surface area (Å²) in [5.41, 5.74) is 7.44. The van der Waals surface area contributed by atoms with E-state index in [0.29, 0.717) is 5.56 Å². The highest BCUT2D eigenvalue weighted by atomic mass is 32.1. The summed E-state index contributed by atoms with van der Waals surface area (Å²) < 4.78 is 0. The van der Waals surface area contributed by atoms with Gasteiger partial charge in [0.05, 0.1) is 0 Å². The minimum Gasteiger partial charge on any atom is -0.282 e. The van der Waals surface area contributed by atoms with Crippen molar-refractivity contribution in [3.05, 3.63) is 83.4 Å². The van der Waals surface area contributed by atoms with E-state index in [-0.39, 0.29) is 10.5 Å². The third-order valence-corrected chi connectivity index (χ3v) is 5.00. The molecule has 0 unspecified atom stereocenters. The maximum Gasteiger partial charge on any atom is 0.216 e. The summed E-state index contributed by atoms with van der Waals surface area (Å²) in [7, 11) is 0. The predicted molar refractivity (Wildman–Crippen MR) is 114 cm³/mol. The van der Waals surface area contributed by atoms with Gasteiger partial charge in [-0.15, -0.1) is 12.6 Å². The van der Waals surface area contributed by atoms with Gasteiger partial charge in [0.1, 0.15) is 0 Å². The van der Waals surface area contributed by atoms with Gasteiger partial charge in [0.25, 0.3) is 0 Å². The Hall–Kier alpha value is -2.32. The van der Waals surface area contributed by atoms with E-state index < -0.39 is 0 Å². The molecule has 0 bridgehead atoms. The monoisotopic (exact) mass is 360 g/mol. The molecule has 0 fully saturated rings. The van der Waals surface area contributed by atoms with Gasteiger partial charge in [0, 0.05) is 5.56 Å². The summed E-state index contributed by atoms with van der Waals surface area (Å²) in [4.78, 5) is 12.1. The molecule has 0 amide bonds. The Kier molecular flexibility index (Phi) is 5.06. The molecule has 26 heavy (non-hydrogen) atoms. The van der Waals surface area contributed by atoms with Crippen LogP contribution in [0.4, 0.5) is 0 Å². The van der Waals surface area contributed by atoms with Gasteiger partial charge in [-0.2, -0.15) is 0 Å². The van der Waals surface area contributed by atoms with Crippen molar-refractivity contribution in [2.75, 3.05) is 0 Å². The third kappa shape index (κ3) is 3.61. The number of hydrogen-bond acceptors (Lipinski definition) is 1. The van der Waals surface area contributed by atoms with E-state index in [1.165, 1.54) is 5.56 Å². The lowest BCUT2D eigenvalue weighted by Crippen LogP contribution is -2.10. The Morgan fingerprint density at radius 3 is 2.00 bits per heavy atom. The first kappa shape index (κ1) is 18.5. The van der Waals surface area contributed by atoms with Crippen LogP contribution in [0.1, 0.15) is 42.3 Å². The molecular formula is C24H24OS. The molecule has 0 aliphatic carbocycles. The Morgan fingerprint density at radius 1 is 0.808 bits per heavy atom. The Morgan fingerprint density at radius 2 is 1.42 bits per heavy atom. The molecule has 0 aliphatic heterocycles. The molecule has 0 saturated heterocycles. The van der Waals surface area contributed by atoms with Crippen molar-refractivity contribution in [3.8, 4) is 22.3 Å². The largest absolute Gasteiger partial charge is 0.282 e. The van der Waals surface area contributed by atoms with Gasteiger partial charge >= 0.3 is 0 Å². The van der Waals surface area contributed by atoms with Gasteiger partial charge in [0.2, 0.25) is 5.12 Å². The molecule has 0 heterocycles. The second-order valence-electron chi connectivity index (χ2n) is 7.68. The fourth-order valence-electron chi connectivity index (χ4n) is 3.31. The zero-order valence-corrected chi connectivity index (χ0v) is 16.6. The fourth-order valence-corrected chi connectivity index (χ4v) is 3.49. The normalized spacial score (nSPS) is 11.4. The van der Waals surface area contributed by atoms with E-state index in [0.717, 1.165) is 27.8 Å². The summed E-state index contributed by atoms with van der Waals surface area (Å²) in [5.74, 6) is 0. The van der Waals surface area contributed by atoms with Crippen molar-refractivity contribution >= 4 is 17.7 Å². The molecule has 0 saturated carbocycles. The van der Waals surface area contributed by atoms with E-state index >= 15 is 0 Å². The summed E-state index contributed by atoms with van der Waals surface area (Å²) in [6.07, 6.45) is 0. The van der Waals surface area contributed by atoms with Gasteiger partial charge in [-0.05, 0) is 51.8 Å². The number of aryl methyl sites for hydroxylation is 1. The van der Waals surface area contributed by atoms with Crippen molar-refractivity contribution in [2.45, 2.75) is 33.1 Å². The zero-order valence-electron chi connectivity index (χ0n) is 15.7. The first-order valence-corrected chi connectivity index (χ1v) is 9.27. The van der Waals surface area contributed by atoms with Gasteiger partial charge in [0.15, 0.2) is 0 Å². The zero-order chi connectivity index (χ0) is 18.9. The quantitative estimate of drug-likeness (QED) is 0.514. The summed E-state index contributed by atoms with van der Waals surface area (Å²) in [6, 6.07) is 22.7. The van der Waals surface area contributed by atoms with Crippen LogP contribution in [0.2, 0.25) is 0 Å². The van der Waals surface area contributed by atoms with Crippen LogP contribution in [0.5, 0.6) is 0 Å². The lowest BCUT2D eigenvalue weighted by atomic mass is 9.85. The maximum absolute atomic E-state index is 12.1. The molecule has 3 rings (SSSR count). The number of carbonyl (C=O) groups excluding carboxylic acids is 1. The van der Waals surface area contributed by atoms with E-state index in [2.05, 4.69) is 69.8 Å². The van der Waals surface area contributed by atoms with Gasteiger partial charge < -0.3 is 0 Å². The molecular weight excluding hydrogens is 336 g/mol. The number of hydrogen-bond donors (Lipinski definition) is 1. The number of thiol groups is 1. The van der Waals surface area contributed by atoms with E-state index in [1.54, 1.807) is 0 Å². The van der Waals surface area contributed by atoms with Gasteiger partial charge in [-0.1, -0.05) is 81.4 Å². The van der Waals surface area contributed by atoms with Crippen LogP contribution >= 0.6 is 12.6 Å². The van der Waals surface area contributed by atoms with Crippen LogP contribution in [0.15, 0.2) is 66.7 Å². The molecule has 3 aromatic carbocycles. The molecule has 2 heteroatoms. The molecule has 0 spiro atoms. The van der Waals surface area contributed by atoms with Crippen LogP contribution in [0.25, 0.3) is 22.3 Å². The predicted octanol–water partition coefficient (Wildman–Crippen LogP) is 6.70. The Bertz CT molecular complexity index is 947. The Balaban J connectivity index is 2.19. The lowest BCUT2D eigenvalue weighted by Gasteiger charge is -2.20. The van der Waals surface area contributed by atoms with Crippen LogP contribution in [0.3, 0.4) is 0 Å². The molecule has 3 aromatic rings. The average molecular weight is 361 g/mol. The number of benzene rings is 3. The van der Waals surface area contributed by atoms with E-state index in [1.807, 2.05) is 37.3 Å². The first-order chi connectivity index (χ1) is 12.3. The number of rotatable bonds is 3. The molecule has 0 N–H and O–H groups in total. The van der Waals surface area contributed by atoms with Crippen molar-refractivity contribution < 1.29 is 4.79 Å². The highest BCUT2D eigenvalue weighted by molar-refractivity contribution is 7.97. The van der Waals surface area contributed by atoms with Crippen LogP contribution in [-0.4, -0.2) is 5.12 Å². The average Bonchev–Trinajstić information content (AvgIpc) is 2.61. The molecule has 0 aromatic heterocycles.